The van der Waals surface area contributed by atoms with Crippen LogP contribution >= 0.6 is 39.1 Å². The van der Waals surface area contributed by atoms with Crippen molar-refractivity contribution >= 4 is 45.0 Å². The standard InChI is InChI=1S/C22H22BrCl2N3O2/c1-5-18-19(21(29)27-30-22(2,3)4)26-20(16-11-8-14(24)12-17(16)25)28(18)15-9-6-13(23)7-10-15/h6-12H,5H2,1-4H3,(H,27,29). The van der Waals surface area contributed by atoms with E-state index in [1.807, 2.05) is 56.5 Å². The number of hydrogen-bond donors (Lipinski definition) is 1. The van der Waals surface area contributed by atoms with Crippen molar-refractivity contribution in [3.05, 3.63) is 68.4 Å². The third-order valence-corrected chi connectivity index (χ3v) is 5.31. The zero-order chi connectivity index (χ0) is 22.1. The first-order chi connectivity index (χ1) is 14.1. The number of aromatic nitrogens is 2. The molecule has 0 saturated heterocycles. The summed E-state index contributed by atoms with van der Waals surface area (Å²) in [5.41, 5.74) is 4.55. The molecule has 1 N–H and O–H groups in total. The maximum atomic E-state index is 12.9. The van der Waals surface area contributed by atoms with Gasteiger partial charge in [-0.15, -0.1) is 0 Å². The highest BCUT2D eigenvalue weighted by atomic mass is 79.9. The summed E-state index contributed by atoms with van der Waals surface area (Å²) in [6.45, 7) is 7.54. The Bertz CT molecular complexity index is 1070. The molecule has 0 saturated carbocycles. The topological polar surface area (TPSA) is 56.1 Å². The van der Waals surface area contributed by atoms with Gasteiger partial charge in [-0.05, 0) is 69.7 Å². The minimum Gasteiger partial charge on any atom is -0.296 e. The van der Waals surface area contributed by atoms with E-state index in [1.54, 1.807) is 18.2 Å². The zero-order valence-electron chi connectivity index (χ0n) is 17.1. The van der Waals surface area contributed by atoms with E-state index >= 15 is 0 Å². The van der Waals surface area contributed by atoms with Crippen LogP contribution in [-0.4, -0.2) is 21.1 Å². The number of imidazole rings is 1. The minimum atomic E-state index is -0.529. The van der Waals surface area contributed by atoms with Crippen molar-refractivity contribution in [3.63, 3.8) is 0 Å². The van der Waals surface area contributed by atoms with Crippen LogP contribution in [0.2, 0.25) is 10.0 Å². The van der Waals surface area contributed by atoms with E-state index in [0.717, 1.165) is 15.9 Å². The third-order valence-electron chi connectivity index (χ3n) is 4.23. The largest absolute Gasteiger partial charge is 0.296 e. The molecule has 8 heteroatoms. The molecule has 0 atom stereocenters. The number of nitrogens with one attached hydrogen (secondary N) is 1. The van der Waals surface area contributed by atoms with Crippen LogP contribution in [0.15, 0.2) is 46.9 Å². The van der Waals surface area contributed by atoms with Gasteiger partial charge in [0.25, 0.3) is 5.91 Å². The van der Waals surface area contributed by atoms with Gasteiger partial charge in [0.2, 0.25) is 0 Å². The summed E-state index contributed by atoms with van der Waals surface area (Å²) in [7, 11) is 0. The molecule has 158 valence electrons. The van der Waals surface area contributed by atoms with Crippen molar-refractivity contribution < 1.29 is 9.63 Å². The predicted molar refractivity (Wildman–Crippen MR) is 124 cm³/mol. The van der Waals surface area contributed by atoms with Gasteiger partial charge in [0.1, 0.15) is 5.82 Å². The predicted octanol–water partition coefficient (Wildman–Crippen LogP) is 6.63. The zero-order valence-corrected chi connectivity index (χ0v) is 20.2. The highest BCUT2D eigenvalue weighted by molar-refractivity contribution is 9.10. The molecule has 0 unspecified atom stereocenters. The summed E-state index contributed by atoms with van der Waals surface area (Å²) >= 11 is 16.0. The summed E-state index contributed by atoms with van der Waals surface area (Å²) in [4.78, 5) is 23.1. The molecule has 0 radical (unpaired) electrons. The molecule has 1 aromatic heterocycles. The highest BCUT2D eigenvalue weighted by Crippen LogP contribution is 2.34. The fourth-order valence-corrected chi connectivity index (χ4v) is 3.69. The van der Waals surface area contributed by atoms with Crippen LogP contribution in [0.25, 0.3) is 17.1 Å². The van der Waals surface area contributed by atoms with Crippen molar-refractivity contribution in [2.45, 2.75) is 39.7 Å². The summed E-state index contributed by atoms with van der Waals surface area (Å²) in [6.07, 6.45) is 0.576. The summed E-state index contributed by atoms with van der Waals surface area (Å²) in [5, 5.41) is 0.976. The van der Waals surface area contributed by atoms with Crippen LogP contribution in [0.5, 0.6) is 0 Å². The van der Waals surface area contributed by atoms with Crippen LogP contribution in [0.3, 0.4) is 0 Å². The molecule has 0 spiro atoms. The average molecular weight is 511 g/mol. The molecule has 3 rings (SSSR count). The molecular weight excluding hydrogens is 489 g/mol. The fourth-order valence-electron chi connectivity index (χ4n) is 2.93. The van der Waals surface area contributed by atoms with E-state index in [1.165, 1.54) is 0 Å². The van der Waals surface area contributed by atoms with Crippen LogP contribution in [-0.2, 0) is 11.3 Å². The maximum absolute atomic E-state index is 12.9. The molecule has 1 heterocycles. The Hall–Kier alpha value is -1.86. The lowest BCUT2D eigenvalue weighted by Crippen LogP contribution is -2.34. The van der Waals surface area contributed by atoms with Gasteiger partial charge < -0.3 is 0 Å². The van der Waals surface area contributed by atoms with Gasteiger partial charge in [-0.1, -0.05) is 46.1 Å². The van der Waals surface area contributed by atoms with Crippen LogP contribution < -0.4 is 5.48 Å². The SMILES string of the molecule is CCc1c(C(=O)NOC(C)(C)C)nc(-c2ccc(Cl)cc2Cl)n1-c1ccc(Br)cc1. The van der Waals surface area contributed by atoms with Crippen molar-refractivity contribution in [1.82, 2.24) is 15.0 Å². The molecule has 0 fully saturated rings. The molecule has 3 aromatic rings. The molecule has 0 aliphatic rings. The molecule has 0 aliphatic heterocycles. The Morgan fingerprint density at radius 2 is 1.83 bits per heavy atom. The number of carbonyl (C=O) groups is 1. The highest BCUT2D eigenvalue weighted by Gasteiger charge is 2.25. The van der Waals surface area contributed by atoms with Crippen molar-refractivity contribution in [3.8, 4) is 17.1 Å². The molecule has 0 bridgehead atoms. The monoisotopic (exact) mass is 509 g/mol. The molecule has 0 aliphatic carbocycles. The van der Waals surface area contributed by atoms with Crippen molar-refractivity contribution in [2.24, 2.45) is 0 Å². The summed E-state index contributed by atoms with van der Waals surface area (Å²) in [6, 6.07) is 13.0. The van der Waals surface area contributed by atoms with E-state index in [-0.39, 0.29) is 5.69 Å². The lowest BCUT2D eigenvalue weighted by Gasteiger charge is -2.18. The first kappa shape index (κ1) is 22.8. The molecular formula is C22H22BrCl2N3O2. The van der Waals surface area contributed by atoms with Gasteiger partial charge in [0.15, 0.2) is 5.69 Å². The van der Waals surface area contributed by atoms with Gasteiger partial charge in [0, 0.05) is 20.7 Å². The Balaban J connectivity index is 2.20. The number of rotatable bonds is 5. The quantitative estimate of drug-likeness (QED) is 0.392. The lowest BCUT2D eigenvalue weighted by atomic mass is 10.2. The molecule has 5 nitrogen and oxygen atoms in total. The van der Waals surface area contributed by atoms with E-state index in [2.05, 4.69) is 26.4 Å². The third kappa shape index (κ3) is 5.06. The first-order valence-electron chi connectivity index (χ1n) is 9.42. The number of nitrogens with zero attached hydrogens (tertiary/aromatic N) is 2. The summed E-state index contributed by atoms with van der Waals surface area (Å²) in [5.74, 6) is 0.140. The second kappa shape index (κ2) is 9.10. The minimum absolute atomic E-state index is 0.283. The van der Waals surface area contributed by atoms with E-state index in [9.17, 15) is 4.79 Å². The Morgan fingerprint density at radius 1 is 1.17 bits per heavy atom. The smallest absolute Gasteiger partial charge is 0.295 e. The van der Waals surface area contributed by atoms with Crippen molar-refractivity contribution in [2.75, 3.05) is 0 Å². The van der Waals surface area contributed by atoms with Gasteiger partial charge in [-0.25, -0.2) is 10.5 Å². The lowest BCUT2D eigenvalue weighted by molar-refractivity contribution is -0.0591. The number of hydroxylamine groups is 1. The normalized spacial score (nSPS) is 11.6. The van der Waals surface area contributed by atoms with Crippen molar-refractivity contribution in [1.29, 1.82) is 0 Å². The number of amides is 1. The number of benzene rings is 2. The number of halogens is 3. The number of carbonyl (C=O) groups excluding carboxylic acids is 1. The van der Waals surface area contributed by atoms with Crippen LogP contribution in [0.1, 0.15) is 43.9 Å². The summed E-state index contributed by atoms with van der Waals surface area (Å²) < 4.78 is 2.89. The Kier molecular flexibility index (Phi) is 6.92. The van der Waals surface area contributed by atoms with E-state index in [4.69, 9.17) is 28.0 Å². The maximum Gasteiger partial charge on any atom is 0.295 e. The van der Waals surface area contributed by atoms with E-state index in [0.29, 0.717) is 27.9 Å². The molecule has 30 heavy (non-hydrogen) atoms. The second-order valence-electron chi connectivity index (χ2n) is 7.67. The second-order valence-corrected chi connectivity index (χ2v) is 9.43. The van der Waals surface area contributed by atoms with Gasteiger partial charge >= 0.3 is 0 Å². The Morgan fingerprint density at radius 3 is 2.40 bits per heavy atom. The van der Waals surface area contributed by atoms with Gasteiger partial charge in [-0.2, -0.15) is 0 Å². The number of hydrogen-bond acceptors (Lipinski definition) is 3. The Labute approximate surface area is 194 Å². The molecule has 2 aromatic carbocycles. The van der Waals surface area contributed by atoms with Crippen LogP contribution in [0.4, 0.5) is 0 Å². The van der Waals surface area contributed by atoms with E-state index < -0.39 is 11.5 Å². The van der Waals surface area contributed by atoms with Gasteiger partial charge in [-0.3, -0.25) is 14.2 Å². The fraction of sp³-hybridized carbons (Fsp3) is 0.273. The molecule has 1 amide bonds. The van der Waals surface area contributed by atoms with Gasteiger partial charge in [0.05, 0.1) is 16.3 Å². The first-order valence-corrected chi connectivity index (χ1v) is 11.0. The average Bonchev–Trinajstić information content (AvgIpc) is 3.05. The van der Waals surface area contributed by atoms with Crippen LogP contribution in [0, 0.1) is 0 Å².